The van der Waals surface area contributed by atoms with E-state index >= 15 is 0 Å². The topological polar surface area (TPSA) is 651 Å². The largest absolute Gasteiger partial charge is 0.447 e. The van der Waals surface area contributed by atoms with Gasteiger partial charge in [0.15, 0.2) is 12.6 Å². The summed E-state index contributed by atoms with van der Waals surface area (Å²) in [4.78, 5) is 202. The second kappa shape index (κ2) is 54.2. The molecule has 7 heterocycles. The molecule has 0 radical (unpaired) electrons. The van der Waals surface area contributed by atoms with Gasteiger partial charge in [0.2, 0.25) is 59.1 Å². The van der Waals surface area contributed by atoms with Crippen LogP contribution in [0.25, 0.3) is 0 Å². The van der Waals surface area contributed by atoms with Crippen molar-refractivity contribution < 1.29 is 161 Å². The first kappa shape index (κ1) is 110. The Bertz CT molecular complexity index is 4810. The van der Waals surface area contributed by atoms with Gasteiger partial charge in [-0.15, -0.1) is 23.5 Å². The Labute approximate surface area is 808 Å². The SMILES string of the molecule is CC(C)C(NC(=O)CCCCCN1C(=O)CC(SC[C@H]2O[C@@H](O)[C@H](O)[C@@H](O)[C@@H]2O[C@@H]2O[C@H](CSC3CC(=O)N(CCC(=O)NCCOCCOCCOCCOCCNC(=O)CCC(=O)N4Cc5ccccc5C#Cc5ccccc54)C3=O)[C@@H](O)[C@H](O)[C@H]2O)C1=O)C(=O)NC(CCCNC(N)=O)C(=O)Nc1ccc(COC(=O)N(C)CCN(C)C(=O)OC[C@@H]2[C@@H](O)[C@H](O)[C@H](O)[C@H]3NC(=O)C(=O)N23)cc1. The highest BCUT2D eigenvalue weighted by Gasteiger charge is 2.57. The Morgan fingerprint density at radius 1 is 0.561 bits per heavy atom. The lowest BCUT2D eigenvalue weighted by Crippen LogP contribution is -2.68. The monoisotopic (exact) mass is 1990 g/mol. The Hall–Kier alpha value is -10.9. The van der Waals surface area contributed by atoms with Gasteiger partial charge in [0, 0.05) is 127 Å². The van der Waals surface area contributed by atoms with Crippen molar-refractivity contribution >= 4 is 124 Å². The molecule has 0 aromatic heterocycles. The maximum atomic E-state index is 14.0. The highest BCUT2D eigenvalue weighted by Crippen LogP contribution is 2.37. The zero-order valence-corrected chi connectivity index (χ0v) is 78.9. The molecule has 764 valence electrons. The lowest BCUT2D eigenvalue weighted by atomic mass is 9.92. The summed E-state index contributed by atoms with van der Waals surface area (Å²) in [6.45, 7) is 4.73. The van der Waals surface area contributed by atoms with E-state index in [4.69, 9.17) is 48.4 Å². The molecule has 0 saturated carbocycles. The van der Waals surface area contributed by atoms with Crippen LogP contribution in [0.4, 0.5) is 25.8 Å². The molecule has 6 fully saturated rings. The van der Waals surface area contributed by atoms with Crippen LogP contribution in [-0.2, 0) is 113 Å². The number of aliphatic hydroxyl groups excluding tert-OH is 9. The number of benzene rings is 3. The number of unbranched alkanes of at least 4 members (excludes halogenated alkanes) is 2. The predicted molar refractivity (Wildman–Crippen MR) is 489 cm³/mol. The predicted octanol–water partition coefficient (Wildman–Crippen LogP) is -4.59. The second-order valence-electron chi connectivity index (χ2n) is 34.2. The lowest BCUT2D eigenvalue weighted by molar-refractivity contribution is -0.346. The van der Waals surface area contributed by atoms with Crippen LogP contribution in [0.1, 0.15) is 107 Å². The van der Waals surface area contributed by atoms with Crippen molar-refractivity contribution in [2.45, 2.75) is 212 Å². The number of fused-ring (bicyclic) bond motifs is 3. The summed E-state index contributed by atoms with van der Waals surface area (Å²) in [6.07, 6.45) is -26.1. The molecular formula is C90H124N14O33S2. The maximum absolute atomic E-state index is 14.0. The summed E-state index contributed by atoms with van der Waals surface area (Å²) < 4.78 is 50.3. The highest BCUT2D eigenvalue weighted by molar-refractivity contribution is 8.01. The molecule has 7 aliphatic rings. The number of piperidine rings is 1. The van der Waals surface area contributed by atoms with Gasteiger partial charge in [-0.2, -0.15) is 0 Å². The van der Waals surface area contributed by atoms with Gasteiger partial charge in [-0.25, -0.2) is 14.4 Å². The molecule has 49 heteroatoms. The number of carbonyl (C=O) groups excluding carboxylic acids is 15. The van der Waals surface area contributed by atoms with Crippen molar-refractivity contribution in [2.24, 2.45) is 11.7 Å². The van der Waals surface area contributed by atoms with Gasteiger partial charge < -0.3 is 151 Å². The Kier molecular flexibility index (Phi) is 43.0. The summed E-state index contributed by atoms with van der Waals surface area (Å²) in [5, 5.41) is 113. The normalized spacial score (nSPS) is 24.7. The van der Waals surface area contributed by atoms with Crippen molar-refractivity contribution in [3.05, 3.63) is 95.1 Å². The van der Waals surface area contributed by atoms with E-state index in [1.165, 1.54) is 31.1 Å². The van der Waals surface area contributed by atoms with E-state index in [1.807, 2.05) is 48.5 Å². The molecule has 19 atom stereocenters. The number of nitrogens with two attached hydrogens (primary N) is 1. The first-order valence-electron chi connectivity index (χ1n) is 45.8. The molecule has 10 rings (SSSR count). The first-order chi connectivity index (χ1) is 66.5. The molecule has 47 nitrogen and oxygen atoms in total. The number of nitrogens with one attached hydrogen (secondary N) is 7. The minimum atomic E-state index is -2.00. The molecule has 7 aliphatic heterocycles. The van der Waals surface area contributed by atoms with E-state index in [1.54, 1.807) is 30.9 Å². The number of amides is 16. The number of hydrogen-bond acceptors (Lipinski definition) is 35. The zero-order chi connectivity index (χ0) is 101. The number of para-hydroxylation sites is 1. The third-order valence-electron chi connectivity index (χ3n) is 23.8. The fourth-order valence-corrected chi connectivity index (χ4v) is 18.2. The number of likely N-dealkylation sites (N-methyl/N-ethyl adjacent to an activating group) is 2. The van der Waals surface area contributed by atoms with Gasteiger partial charge in [-0.1, -0.05) is 74.6 Å². The molecular weight excluding hydrogens is 1870 g/mol. The average Bonchev–Trinajstić information content (AvgIpc) is 1.55. The number of primary amides is 1. The third-order valence-corrected chi connectivity index (χ3v) is 26.4. The number of urea groups is 1. The number of hydrogen-bond donors (Lipinski definition) is 17. The second-order valence-corrected chi connectivity index (χ2v) is 36.7. The zero-order valence-electron chi connectivity index (χ0n) is 77.3. The van der Waals surface area contributed by atoms with Crippen LogP contribution in [0.2, 0.25) is 0 Å². The quantitative estimate of drug-likeness (QED) is 0.0109. The average molecular weight is 1990 g/mol. The van der Waals surface area contributed by atoms with E-state index in [-0.39, 0.29) is 198 Å². The van der Waals surface area contributed by atoms with E-state index in [0.717, 1.165) is 59.8 Å². The number of likely N-dealkylation sites (tertiary alicyclic amines) is 2. The minimum Gasteiger partial charge on any atom is -0.447 e. The van der Waals surface area contributed by atoms with E-state index < -0.39 is 204 Å². The van der Waals surface area contributed by atoms with Crippen LogP contribution in [-0.4, -0.2) is 405 Å². The molecule has 18 N–H and O–H groups in total. The van der Waals surface area contributed by atoms with Crippen LogP contribution in [0.15, 0.2) is 72.8 Å². The van der Waals surface area contributed by atoms with E-state index in [2.05, 4.69) is 49.1 Å². The molecule has 139 heavy (non-hydrogen) atoms. The van der Waals surface area contributed by atoms with Crippen LogP contribution < -0.4 is 47.9 Å². The van der Waals surface area contributed by atoms with Crippen LogP contribution in [0.3, 0.4) is 0 Å². The number of anilines is 2. The molecule has 3 aromatic carbocycles. The van der Waals surface area contributed by atoms with Crippen molar-refractivity contribution in [1.82, 2.24) is 56.4 Å². The van der Waals surface area contributed by atoms with Crippen molar-refractivity contribution in [3.8, 4) is 11.8 Å². The van der Waals surface area contributed by atoms with E-state index in [0.29, 0.717) is 24.2 Å². The summed E-state index contributed by atoms with van der Waals surface area (Å²) in [6, 6.07) is 16.7. The van der Waals surface area contributed by atoms with Gasteiger partial charge in [-0.05, 0) is 73.1 Å². The van der Waals surface area contributed by atoms with Crippen LogP contribution in [0, 0.1) is 17.8 Å². The van der Waals surface area contributed by atoms with Crippen molar-refractivity contribution in [2.75, 3.05) is 141 Å². The van der Waals surface area contributed by atoms with E-state index in [9.17, 15) is 118 Å². The standard InChI is InChI=1S/C90H124N14O33S2/c1-50(2)69(81(120)96-56(16-12-28-94-88(91)126)80(119)95-55-23-19-51(20-24-55)46-133-89(127)99(3)33-34-100(4)90(128)134-47-58-70(111)72(113)75(116)79-98-82(121)85(124)104(58)79)97-65(107)18-6-5-11-31-101-67(109)43-61(83(101)122)139-49-60-78(74(115)76(117)86(125)135-60)137-87-77(118)73(114)71(112)59(136-87)48-138-62-44-68(110)102(84(62)123)32-27-64(106)93-30-36-130-38-40-132-42-41-131-39-37-129-35-29-92-63(105)25-26-66(108)103-45-54-15-8-7-13-52(54)21-22-53-14-9-10-17-57(53)103/h7-10,13-15,17,19-20,23-24,50,56,58-62,69-79,86-87,111-118,125H,5-6,11-12,16,18,25-49H2,1-4H3,(H,92,105)(H,93,106)(H,95,119)(H,96,120)(H,97,107)(H,98,121)(H3,91,94,126)/t56?,58-,59-,60-,61?,62?,69?,70-,71-,72+,73+,74-,75+,76-,77-,78-,79+,86-,87+/m1/s1. The number of thioether (sulfide) groups is 2. The highest BCUT2D eigenvalue weighted by atomic mass is 32.2. The number of imide groups is 2. The number of rotatable bonds is 52. The molecule has 3 aromatic rings. The lowest BCUT2D eigenvalue weighted by Gasteiger charge is -2.45. The molecule has 4 unspecified atom stereocenters. The van der Waals surface area contributed by atoms with Crippen molar-refractivity contribution in [3.63, 3.8) is 0 Å². The van der Waals surface area contributed by atoms with Gasteiger partial charge in [0.25, 0.3) is 0 Å². The fourth-order valence-electron chi connectivity index (χ4n) is 15.8. The molecule has 0 bridgehead atoms. The Balaban J connectivity index is 0.565. The number of ether oxygens (including phenoxy) is 9. The minimum absolute atomic E-state index is 0.000450. The molecule has 16 amide bonds. The number of nitrogens with zero attached hydrogens (tertiary/aromatic N) is 6. The number of aliphatic hydroxyl groups is 9. The summed E-state index contributed by atoms with van der Waals surface area (Å²) in [5.74, 6) is -2.02. The third kappa shape index (κ3) is 31.6. The molecule has 0 aliphatic carbocycles. The summed E-state index contributed by atoms with van der Waals surface area (Å²) in [7, 11) is 2.74. The fraction of sp³-hybridized carbons (Fsp3) is 0.611. The van der Waals surface area contributed by atoms with Crippen LogP contribution in [0.5, 0.6) is 0 Å². The summed E-state index contributed by atoms with van der Waals surface area (Å²) >= 11 is 1.79. The van der Waals surface area contributed by atoms with Crippen LogP contribution >= 0.6 is 23.5 Å². The summed E-state index contributed by atoms with van der Waals surface area (Å²) in [5.41, 5.74) is 9.20. The Morgan fingerprint density at radius 3 is 1.77 bits per heavy atom. The van der Waals surface area contributed by atoms with Gasteiger partial charge in [-0.3, -0.25) is 67.3 Å². The smallest absolute Gasteiger partial charge is 0.409 e. The maximum Gasteiger partial charge on any atom is 0.409 e. The van der Waals surface area contributed by atoms with Gasteiger partial charge in [0.1, 0.15) is 86.4 Å². The molecule has 6 saturated heterocycles. The Morgan fingerprint density at radius 2 is 1.14 bits per heavy atom. The number of carbonyl (C=O) groups is 15. The molecule has 0 spiro atoms. The van der Waals surface area contributed by atoms with Crippen molar-refractivity contribution in [1.29, 1.82) is 0 Å². The van der Waals surface area contributed by atoms with Gasteiger partial charge in [0.05, 0.1) is 93.8 Å². The first-order valence-corrected chi connectivity index (χ1v) is 47.9. The van der Waals surface area contributed by atoms with Gasteiger partial charge >= 0.3 is 30.0 Å².